The van der Waals surface area contributed by atoms with Crippen LogP contribution in [-0.4, -0.2) is 9.13 Å². The average Bonchev–Trinajstić information content (AvgIpc) is 3.76. The van der Waals surface area contributed by atoms with E-state index in [0.29, 0.717) is 0 Å². The second kappa shape index (κ2) is 8.50. The summed E-state index contributed by atoms with van der Waals surface area (Å²) in [6, 6.07) is 53.8. The highest BCUT2D eigenvalue weighted by Gasteiger charge is 2.23. The highest BCUT2D eigenvalue weighted by atomic mass is 32.1. The summed E-state index contributed by atoms with van der Waals surface area (Å²) >= 11 is 1.91. The molecule has 0 saturated heterocycles. The summed E-state index contributed by atoms with van der Waals surface area (Å²) in [6.07, 6.45) is 0. The van der Waals surface area contributed by atoms with Gasteiger partial charge in [-0.05, 0) is 64.0 Å². The fourth-order valence-electron chi connectivity index (χ4n) is 8.06. The first kappa shape index (κ1) is 23.8. The van der Waals surface area contributed by atoms with Crippen molar-refractivity contribution in [2.24, 2.45) is 0 Å². The van der Waals surface area contributed by atoms with Gasteiger partial charge >= 0.3 is 0 Å². The number of benzene rings is 8. The van der Waals surface area contributed by atoms with Gasteiger partial charge in [0.1, 0.15) is 0 Å². The predicted molar refractivity (Wildman–Crippen MR) is 194 cm³/mol. The summed E-state index contributed by atoms with van der Waals surface area (Å²) in [5.74, 6) is 0. The van der Waals surface area contributed by atoms with Crippen LogP contribution in [0.2, 0.25) is 0 Å². The minimum Gasteiger partial charge on any atom is -0.307 e. The Kier molecular flexibility index (Phi) is 4.49. The van der Waals surface area contributed by atoms with E-state index in [2.05, 4.69) is 155 Å². The van der Waals surface area contributed by atoms with Gasteiger partial charge in [0.2, 0.25) is 0 Å². The molecule has 3 heteroatoms. The Bertz CT molecular complexity index is 2970. The van der Waals surface area contributed by atoms with Gasteiger partial charge in [-0.1, -0.05) is 103 Å². The van der Waals surface area contributed by atoms with Gasteiger partial charge < -0.3 is 9.13 Å². The normalized spacial score (nSPS) is 12.4. The second-order valence-electron chi connectivity index (χ2n) is 12.1. The first-order chi connectivity index (χ1) is 22.3. The number of aromatic nitrogens is 2. The van der Waals surface area contributed by atoms with Gasteiger partial charge in [0.05, 0.1) is 22.1 Å². The first-order valence-electron chi connectivity index (χ1n) is 15.5. The van der Waals surface area contributed by atoms with Crippen LogP contribution in [0.15, 0.2) is 146 Å². The van der Waals surface area contributed by atoms with E-state index in [-0.39, 0.29) is 0 Å². The Labute approximate surface area is 261 Å². The molecule has 11 rings (SSSR count). The van der Waals surface area contributed by atoms with E-state index >= 15 is 0 Å². The Morgan fingerprint density at radius 3 is 1.56 bits per heavy atom. The van der Waals surface area contributed by atoms with Crippen LogP contribution in [0.25, 0.3) is 96.7 Å². The zero-order valence-electron chi connectivity index (χ0n) is 24.2. The lowest BCUT2D eigenvalue weighted by atomic mass is 9.94. The first-order valence-corrected chi connectivity index (χ1v) is 16.3. The summed E-state index contributed by atoms with van der Waals surface area (Å²) in [4.78, 5) is 0. The molecule has 0 saturated carbocycles. The number of thiophene rings is 1. The summed E-state index contributed by atoms with van der Waals surface area (Å²) in [5.41, 5.74) is 7.30. The fourth-order valence-corrected chi connectivity index (χ4v) is 9.26. The molecule has 45 heavy (non-hydrogen) atoms. The van der Waals surface area contributed by atoms with Crippen molar-refractivity contribution in [2.75, 3.05) is 0 Å². The summed E-state index contributed by atoms with van der Waals surface area (Å²) in [6.45, 7) is 0. The van der Waals surface area contributed by atoms with Crippen LogP contribution in [0.4, 0.5) is 0 Å². The quantitative estimate of drug-likeness (QED) is 0.178. The average molecular weight is 589 g/mol. The van der Waals surface area contributed by atoms with Crippen LogP contribution in [0.1, 0.15) is 0 Å². The smallest absolute Gasteiger partial charge is 0.0788 e. The van der Waals surface area contributed by atoms with Crippen LogP contribution < -0.4 is 0 Å². The third-order valence-electron chi connectivity index (χ3n) is 9.83. The second-order valence-corrected chi connectivity index (χ2v) is 13.2. The zero-order valence-corrected chi connectivity index (χ0v) is 25.0. The van der Waals surface area contributed by atoms with E-state index < -0.39 is 0 Å². The molecule has 0 aliphatic carbocycles. The lowest BCUT2D eigenvalue weighted by Crippen LogP contribution is -1.98. The number of fused-ring (bicyclic) bond motifs is 10. The predicted octanol–water partition coefficient (Wildman–Crippen LogP) is 12.0. The number of rotatable bonds is 2. The number of para-hydroxylation sites is 3. The van der Waals surface area contributed by atoms with Gasteiger partial charge in [-0.25, -0.2) is 0 Å². The number of hydrogen-bond acceptors (Lipinski definition) is 1. The molecule has 0 radical (unpaired) electrons. The molecular formula is C42H24N2S. The molecule has 0 bridgehead atoms. The Morgan fingerprint density at radius 1 is 0.333 bits per heavy atom. The number of nitrogens with zero attached hydrogens (tertiary/aromatic N) is 2. The molecule has 8 aromatic carbocycles. The maximum atomic E-state index is 2.53. The van der Waals surface area contributed by atoms with Crippen LogP contribution in [-0.2, 0) is 0 Å². The van der Waals surface area contributed by atoms with Crippen molar-refractivity contribution in [3.05, 3.63) is 146 Å². The van der Waals surface area contributed by atoms with Crippen molar-refractivity contribution in [1.82, 2.24) is 9.13 Å². The molecule has 2 nitrogen and oxygen atoms in total. The van der Waals surface area contributed by atoms with E-state index in [1.54, 1.807) is 0 Å². The van der Waals surface area contributed by atoms with Crippen molar-refractivity contribution >= 4 is 96.7 Å². The molecule has 0 aliphatic rings. The van der Waals surface area contributed by atoms with Gasteiger partial charge in [-0.2, -0.15) is 0 Å². The molecule has 11 aromatic rings. The maximum absolute atomic E-state index is 2.53. The SMILES string of the molecule is c1ccc(-n2c3ccccc3c3ccc4c5ccccc5n(-c5cc6sc7cccc8c9ccccc9c(c5)c6c78)c4c32)cc1. The standard InChI is InChI=1S/C42H24N2S/c1-2-11-25(12-3-1)43-35-18-8-6-15-29(35)32-21-22-33-30-16-7-9-19-36(30)44(42(33)41(32)43)26-23-34-28-14-5-4-13-27(28)31-17-10-20-37-39(31)40(34)38(24-26)45-37/h1-24H. The third-order valence-corrected chi connectivity index (χ3v) is 10.9. The summed E-state index contributed by atoms with van der Waals surface area (Å²) in [7, 11) is 0. The lowest BCUT2D eigenvalue weighted by Gasteiger charge is -2.14. The third kappa shape index (κ3) is 2.98. The Hall–Kier alpha value is -5.64. The molecule has 0 atom stereocenters. The molecule has 0 spiro atoms. The van der Waals surface area contributed by atoms with Crippen molar-refractivity contribution in [3.63, 3.8) is 0 Å². The highest BCUT2D eigenvalue weighted by molar-refractivity contribution is 7.26. The van der Waals surface area contributed by atoms with E-state index in [0.717, 1.165) is 0 Å². The largest absolute Gasteiger partial charge is 0.307 e. The maximum Gasteiger partial charge on any atom is 0.0788 e. The Morgan fingerprint density at radius 2 is 0.867 bits per heavy atom. The monoisotopic (exact) mass is 588 g/mol. The number of hydrogen-bond donors (Lipinski definition) is 0. The van der Waals surface area contributed by atoms with Gasteiger partial charge in [-0.3, -0.25) is 0 Å². The van der Waals surface area contributed by atoms with Crippen molar-refractivity contribution in [3.8, 4) is 11.4 Å². The zero-order chi connectivity index (χ0) is 29.2. The molecule has 0 unspecified atom stereocenters. The molecular weight excluding hydrogens is 565 g/mol. The summed E-state index contributed by atoms with van der Waals surface area (Å²) in [5, 5.41) is 13.2. The molecule has 0 aliphatic heterocycles. The Balaban J connectivity index is 1.39. The van der Waals surface area contributed by atoms with Crippen LogP contribution >= 0.6 is 11.3 Å². The van der Waals surface area contributed by atoms with Crippen molar-refractivity contribution in [1.29, 1.82) is 0 Å². The minimum absolute atomic E-state index is 1.17. The topological polar surface area (TPSA) is 9.86 Å². The molecule has 0 fully saturated rings. The molecule has 0 amide bonds. The molecule has 0 N–H and O–H groups in total. The van der Waals surface area contributed by atoms with Crippen LogP contribution in [0.5, 0.6) is 0 Å². The fraction of sp³-hybridized carbons (Fsp3) is 0. The molecule has 208 valence electrons. The van der Waals surface area contributed by atoms with E-state index in [1.165, 1.54) is 96.7 Å². The van der Waals surface area contributed by atoms with Crippen LogP contribution in [0, 0.1) is 0 Å². The minimum atomic E-state index is 1.17. The van der Waals surface area contributed by atoms with Gasteiger partial charge in [0.25, 0.3) is 0 Å². The van der Waals surface area contributed by atoms with Gasteiger partial charge in [0.15, 0.2) is 0 Å². The summed E-state index contributed by atoms with van der Waals surface area (Å²) < 4.78 is 7.68. The van der Waals surface area contributed by atoms with Gasteiger partial charge in [-0.15, -0.1) is 11.3 Å². The van der Waals surface area contributed by atoms with Crippen LogP contribution in [0.3, 0.4) is 0 Å². The van der Waals surface area contributed by atoms with E-state index in [4.69, 9.17) is 0 Å². The van der Waals surface area contributed by atoms with E-state index in [1.807, 2.05) is 11.3 Å². The van der Waals surface area contributed by atoms with Crippen molar-refractivity contribution in [2.45, 2.75) is 0 Å². The van der Waals surface area contributed by atoms with Gasteiger partial charge in [0, 0.05) is 53.1 Å². The molecule has 3 aromatic heterocycles. The van der Waals surface area contributed by atoms with E-state index in [9.17, 15) is 0 Å². The highest BCUT2D eigenvalue weighted by Crippen LogP contribution is 2.47. The van der Waals surface area contributed by atoms with Crippen molar-refractivity contribution < 1.29 is 0 Å². The molecule has 3 heterocycles. The lowest BCUT2D eigenvalue weighted by molar-refractivity contribution is 1.15.